The Morgan fingerprint density at radius 3 is 2.62 bits per heavy atom. The molecule has 0 spiro atoms. The number of hydrogen-bond donors (Lipinski definition) is 2. The zero-order valence-corrected chi connectivity index (χ0v) is 14.0. The zero-order chi connectivity index (χ0) is 16.1. The second-order valence-corrected chi connectivity index (χ2v) is 5.90. The molecular formula is C14H28N2O4S. The number of carbonyl (C=O) groups is 2. The summed E-state index contributed by atoms with van der Waals surface area (Å²) in [5, 5.41) is 2.74. The Hall–Kier alpha value is -0.790. The van der Waals surface area contributed by atoms with Gasteiger partial charge in [0, 0.05) is 26.1 Å². The molecule has 0 saturated heterocycles. The summed E-state index contributed by atoms with van der Waals surface area (Å²) in [5.74, 6) is 1.47. The molecule has 0 heterocycles. The summed E-state index contributed by atoms with van der Waals surface area (Å²) < 4.78 is 10.00. The van der Waals surface area contributed by atoms with Crippen LogP contribution in [0.5, 0.6) is 0 Å². The van der Waals surface area contributed by atoms with Crippen LogP contribution in [0.2, 0.25) is 0 Å². The van der Waals surface area contributed by atoms with Crippen molar-refractivity contribution >= 4 is 23.6 Å². The normalized spacial score (nSPS) is 13.5. The van der Waals surface area contributed by atoms with Gasteiger partial charge < -0.3 is 20.5 Å². The maximum Gasteiger partial charge on any atom is 0.305 e. The second kappa shape index (κ2) is 12.9. The molecule has 1 amide bonds. The van der Waals surface area contributed by atoms with Gasteiger partial charge in [0.1, 0.15) is 0 Å². The Morgan fingerprint density at radius 2 is 2.05 bits per heavy atom. The van der Waals surface area contributed by atoms with Crippen molar-refractivity contribution in [2.45, 2.75) is 45.3 Å². The molecule has 0 fully saturated rings. The van der Waals surface area contributed by atoms with Crippen LogP contribution in [-0.4, -0.2) is 55.8 Å². The molecule has 6 nitrogen and oxygen atoms in total. The number of amides is 1. The Kier molecular flexibility index (Phi) is 12.4. The van der Waals surface area contributed by atoms with E-state index in [1.165, 1.54) is 7.11 Å². The molecule has 7 heteroatoms. The van der Waals surface area contributed by atoms with Gasteiger partial charge in [-0.3, -0.25) is 9.59 Å². The zero-order valence-electron chi connectivity index (χ0n) is 13.2. The molecule has 0 aliphatic carbocycles. The lowest BCUT2D eigenvalue weighted by Crippen LogP contribution is -2.48. The number of esters is 1. The van der Waals surface area contributed by atoms with E-state index in [0.29, 0.717) is 26.0 Å². The van der Waals surface area contributed by atoms with Gasteiger partial charge in [0.15, 0.2) is 6.10 Å². The second-order valence-electron chi connectivity index (χ2n) is 4.51. The fourth-order valence-electron chi connectivity index (χ4n) is 1.77. The summed E-state index contributed by atoms with van der Waals surface area (Å²) >= 11 is 1.79. The SMILES string of the molecule is CCOC(=O)CCCNC(=O)C(OC)C(N)CCSCC. The number of hydrogen-bond acceptors (Lipinski definition) is 6. The first kappa shape index (κ1) is 20.2. The molecule has 0 aromatic carbocycles. The van der Waals surface area contributed by atoms with Gasteiger partial charge in [-0.25, -0.2) is 0 Å². The van der Waals surface area contributed by atoms with E-state index in [1.807, 2.05) is 0 Å². The number of rotatable bonds is 12. The van der Waals surface area contributed by atoms with Crippen molar-refractivity contribution < 1.29 is 19.1 Å². The maximum atomic E-state index is 12.0. The van der Waals surface area contributed by atoms with E-state index in [2.05, 4.69) is 12.2 Å². The molecular weight excluding hydrogens is 292 g/mol. The third kappa shape index (κ3) is 9.71. The summed E-state index contributed by atoms with van der Waals surface area (Å²) in [5.41, 5.74) is 5.99. The van der Waals surface area contributed by atoms with Gasteiger partial charge in [-0.15, -0.1) is 0 Å². The topological polar surface area (TPSA) is 90.6 Å². The molecule has 0 radical (unpaired) electrons. The highest BCUT2D eigenvalue weighted by Crippen LogP contribution is 2.07. The van der Waals surface area contributed by atoms with Gasteiger partial charge >= 0.3 is 5.97 Å². The number of nitrogens with two attached hydrogens (primary N) is 1. The summed E-state index contributed by atoms with van der Waals surface area (Å²) in [4.78, 5) is 23.1. The Balaban J connectivity index is 3.95. The van der Waals surface area contributed by atoms with Crippen molar-refractivity contribution in [3.8, 4) is 0 Å². The van der Waals surface area contributed by atoms with Crippen molar-refractivity contribution in [2.24, 2.45) is 5.73 Å². The van der Waals surface area contributed by atoms with Crippen LogP contribution in [0.3, 0.4) is 0 Å². The molecule has 0 aromatic rings. The third-order valence-electron chi connectivity index (χ3n) is 2.86. The molecule has 0 rings (SSSR count). The van der Waals surface area contributed by atoms with E-state index < -0.39 is 6.10 Å². The van der Waals surface area contributed by atoms with Gasteiger partial charge in [-0.05, 0) is 31.3 Å². The van der Waals surface area contributed by atoms with E-state index >= 15 is 0 Å². The lowest BCUT2D eigenvalue weighted by atomic mass is 10.1. The number of carbonyl (C=O) groups excluding carboxylic acids is 2. The van der Waals surface area contributed by atoms with E-state index in [9.17, 15) is 9.59 Å². The van der Waals surface area contributed by atoms with Crippen LogP contribution in [0.25, 0.3) is 0 Å². The lowest BCUT2D eigenvalue weighted by molar-refractivity contribution is -0.143. The molecule has 2 unspecified atom stereocenters. The van der Waals surface area contributed by atoms with Crippen LogP contribution >= 0.6 is 11.8 Å². The van der Waals surface area contributed by atoms with Crippen molar-refractivity contribution in [1.29, 1.82) is 0 Å². The van der Waals surface area contributed by atoms with Crippen LogP contribution < -0.4 is 11.1 Å². The van der Waals surface area contributed by atoms with Crippen molar-refractivity contribution in [3.63, 3.8) is 0 Å². The molecule has 124 valence electrons. The minimum Gasteiger partial charge on any atom is -0.466 e. The van der Waals surface area contributed by atoms with Gasteiger partial charge in [0.05, 0.1) is 6.61 Å². The summed E-state index contributed by atoms with van der Waals surface area (Å²) in [6.45, 7) is 4.64. The van der Waals surface area contributed by atoms with Gasteiger partial charge in [0.25, 0.3) is 5.91 Å². The minimum absolute atomic E-state index is 0.227. The van der Waals surface area contributed by atoms with Crippen LogP contribution in [0.15, 0.2) is 0 Å². The minimum atomic E-state index is -0.648. The molecule has 2 atom stereocenters. The van der Waals surface area contributed by atoms with Crippen LogP contribution in [0.1, 0.15) is 33.1 Å². The van der Waals surface area contributed by atoms with E-state index in [-0.39, 0.29) is 17.9 Å². The number of thioether (sulfide) groups is 1. The van der Waals surface area contributed by atoms with Crippen LogP contribution in [0.4, 0.5) is 0 Å². The average Bonchev–Trinajstić information content (AvgIpc) is 2.45. The predicted octanol–water partition coefficient (Wildman–Crippen LogP) is 0.931. The van der Waals surface area contributed by atoms with Gasteiger partial charge in [0.2, 0.25) is 0 Å². The summed E-state index contributed by atoms with van der Waals surface area (Å²) in [7, 11) is 1.48. The average molecular weight is 320 g/mol. The highest BCUT2D eigenvalue weighted by Gasteiger charge is 2.24. The first-order chi connectivity index (χ1) is 10.1. The Labute approximate surface area is 131 Å². The number of nitrogens with one attached hydrogen (secondary N) is 1. The largest absolute Gasteiger partial charge is 0.466 e. The van der Waals surface area contributed by atoms with E-state index in [0.717, 1.165) is 17.9 Å². The maximum absolute atomic E-state index is 12.0. The number of ether oxygens (including phenoxy) is 2. The monoisotopic (exact) mass is 320 g/mol. The molecule has 0 aromatic heterocycles. The quantitative estimate of drug-likeness (QED) is 0.411. The van der Waals surface area contributed by atoms with Gasteiger partial charge in [-0.2, -0.15) is 11.8 Å². The molecule has 0 aliphatic heterocycles. The Morgan fingerprint density at radius 1 is 1.33 bits per heavy atom. The first-order valence-corrected chi connectivity index (χ1v) is 8.51. The summed E-state index contributed by atoms with van der Waals surface area (Å²) in [6.07, 6.45) is 0.921. The predicted molar refractivity (Wildman–Crippen MR) is 85.3 cm³/mol. The van der Waals surface area contributed by atoms with Crippen molar-refractivity contribution in [2.75, 3.05) is 31.8 Å². The third-order valence-corrected chi connectivity index (χ3v) is 3.80. The van der Waals surface area contributed by atoms with Crippen molar-refractivity contribution in [3.05, 3.63) is 0 Å². The van der Waals surface area contributed by atoms with Gasteiger partial charge in [-0.1, -0.05) is 6.92 Å². The molecule has 0 saturated carbocycles. The standard InChI is InChI=1S/C14H28N2O4S/c1-4-20-12(17)7-6-9-16-14(18)13(19-3)11(15)8-10-21-5-2/h11,13H,4-10,15H2,1-3H3,(H,16,18). The number of methoxy groups -OCH3 is 1. The molecule has 21 heavy (non-hydrogen) atoms. The lowest BCUT2D eigenvalue weighted by Gasteiger charge is -2.21. The fourth-order valence-corrected chi connectivity index (χ4v) is 2.50. The van der Waals surface area contributed by atoms with Crippen LogP contribution in [-0.2, 0) is 19.1 Å². The van der Waals surface area contributed by atoms with Crippen LogP contribution in [0, 0.1) is 0 Å². The molecule has 0 bridgehead atoms. The summed E-state index contributed by atoms with van der Waals surface area (Å²) in [6, 6.07) is -0.320. The molecule has 3 N–H and O–H groups in total. The smallest absolute Gasteiger partial charge is 0.305 e. The van der Waals surface area contributed by atoms with E-state index in [4.69, 9.17) is 15.2 Å². The highest BCUT2D eigenvalue weighted by molar-refractivity contribution is 7.99. The Bertz CT molecular complexity index is 303. The fraction of sp³-hybridized carbons (Fsp3) is 0.857. The molecule has 0 aliphatic rings. The van der Waals surface area contributed by atoms with E-state index in [1.54, 1.807) is 18.7 Å². The van der Waals surface area contributed by atoms with Crippen molar-refractivity contribution in [1.82, 2.24) is 5.32 Å². The first-order valence-electron chi connectivity index (χ1n) is 7.36. The highest BCUT2D eigenvalue weighted by atomic mass is 32.2.